The highest BCUT2D eigenvalue weighted by Gasteiger charge is 2.18. The van der Waals surface area contributed by atoms with Crippen LogP contribution in [0.1, 0.15) is 30.5 Å². The molecule has 2 aromatic carbocycles. The lowest BCUT2D eigenvalue weighted by Gasteiger charge is -2.19. The Morgan fingerprint density at radius 1 is 1.17 bits per heavy atom. The largest absolute Gasteiger partial charge is 0.434 e. The molecule has 0 aliphatic heterocycles. The van der Waals surface area contributed by atoms with Gasteiger partial charge in [-0.25, -0.2) is 4.68 Å². The third-order valence-corrected chi connectivity index (χ3v) is 4.29. The number of carbonyl (C=O) groups excluding carboxylic acids is 1. The molecule has 0 saturated heterocycles. The van der Waals surface area contributed by atoms with Gasteiger partial charge in [-0.05, 0) is 30.7 Å². The number of halogens is 2. The van der Waals surface area contributed by atoms with Crippen LogP contribution in [0.2, 0.25) is 0 Å². The van der Waals surface area contributed by atoms with Gasteiger partial charge in [0.2, 0.25) is 5.91 Å². The highest BCUT2D eigenvalue weighted by molar-refractivity contribution is 5.92. The fourth-order valence-corrected chi connectivity index (χ4v) is 2.91. The molecule has 0 saturated carbocycles. The van der Waals surface area contributed by atoms with Gasteiger partial charge in [0.15, 0.2) is 0 Å². The normalized spacial score (nSPS) is 12.3. The second-order valence-corrected chi connectivity index (χ2v) is 6.27. The summed E-state index contributed by atoms with van der Waals surface area (Å²) in [4.78, 5) is 12.4. The fraction of sp³-hybridized carbons (Fsp3) is 0.182. The number of rotatable bonds is 8. The lowest BCUT2D eigenvalue weighted by atomic mass is 10.0. The molecular formula is C22H21F2N3O2. The first-order valence-electron chi connectivity index (χ1n) is 9.19. The number of ether oxygens (including phenoxy) is 1. The predicted octanol–water partition coefficient (Wildman–Crippen LogP) is 4.75. The summed E-state index contributed by atoms with van der Waals surface area (Å²) in [5, 5.41) is 7.10. The van der Waals surface area contributed by atoms with Crippen molar-refractivity contribution in [3.63, 3.8) is 0 Å². The molecule has 0 aliphatic rings. The van der Waals surface area contributed by atoms with Crippen LogP contribution in [0, 0.1) is 0 Å². The second kappa shape index (κ2) is 9.64. The zero-order chi connectivity index (χ0) is 20.6. The molecule has 0 spiro atoms. The quantitative estimate of drug-likeness (QED) is 0.558. The van der Waals surface area contributed by atoms with E-state index in [0.29, 0.717) is 12.0 Å². The summed E-state index contributed by atoms with van der Waals surface area (Å²) in [5.41, 5.74) is 2.19. The van der Waals surface area contributed by atoms with Gasteiger partial charge in [0.05, 0.1) is 17.9 Å². The Bertz CT molecular complexity index is 971. The van der Waals surface area contributed by atoms with Crippen molar-refractivity contribution >= 4 is 12.0 Å². The van der Waals surface area contributed by atoms with E-state index in [0.717, 1.165) is 11.3 Å². The standard InChI is InChI=1S/C22H21F2N3O2/c1-2-19(18-10-6-7-11-20(18)29-22(23)24)26-21(28)13-12-16-14-25-27(15-16)17-8-4-3-5-9-17/h3-15,19,22H,2H2,1H3,(H,26,28)/b13-12+. The third kappa shape index (κ3) is 5.51. The van der Waals surface area contributed by atoms with Gasteiger partial charge in [-0.15, -0.1) is 0 Å². The van der Waals surface area contributed by atoms with Crippen LogP contribution in [0.15, 0.2) is 73.1 Å². The average molecular weight is 397 g/mol. The van der Waals surface area contributed by atoms with Crippen LogP contribution in [-0.2, 0) is 4.79 Å². The summed E-state index contributed by atoms with van der Waals surface area (Å²) in [7, 11) is 0. The molecule has 0 aliphatic carbocycles. The molecule has 1 heterocycles. The first kappa shape index (κ1) is 20.3. The topological polar surface area (TPSA) is 56.2 Å². The number of nitrogens with zero attached hydrogens (tertiary/aromatic N) is 2. The SMILES string of the molecule is CCC(NC(=O)/C=C/c1cnn(-c2ccccc2)c1)c1ccccc1OC(F)F. The number of para-hydroxylation sites is 2. The molecule has 0 radical (unpaired) electrons. The number of nitrogens with one attached hydrogen (secondary N) is 1. The summed E-state index contributed by atoms with van der Waals surface area (Å²) < 4.78 is 31.6. The van der Waals surface area contributed by atoms with Crippen molar-refractivity contribution in [3.8, 4) is 11.4 Å². The van der Waals surface area contributed by atoms with E-state index in [2.05, 4.69) is 15.2 Å². The van der Waals surface area contributed by atoms with E-state index in [-0.39, 0.29) is 11.7 Å². The van der Waals surface area contributed by atoms with Gasteiger partial charge in [-0.3, -0.25) is 4.79 Å². The van der Waals surface area contributed by atoms with Crippen molar-refractivity contribution < 1.29 is 18.3 Å². The third-order valence-electron chi connectivity index (χ3n) is 4.29. The van der Waals surface area contributed by atoms with Gasteiger partial charge >= 0.3 is 6.61 Å². The first-order chi connectivity index (χ1) is 14.1. The Balaban J connectivity index is 1.67. The smallest absolute Gasteiger partial charge is 0.387 e. The van der Waals surface area contributed by atoms with E-state index in [1.807, 2.05) is 43.5 Å². The Morgan fingerprint density at radius 2 is 1.90 bits per heavy atom. The summed E-state index contributed by atoms with van der Waals surface area (Å²) >= 11 is 0. The molecule has 3 aromatic rings. The molecule has 1 N–H and O–H groups in total. The van der Waals surface area contributed by atoms with Crippen molar-refractivity contribution in [1.29, 1.82) is 0 Å². The molecule has 0 bridgehead atoms. The van der Waals surface area contributed by atoms with Crippen LogP contribution in [0.25, 0.3) is 11.8 Å². The fourth-order valence-electron chi connectivity index (χ4n) is 2.91. The summed E-state index contributed by atoms with van der Waals surface area (Å²) in [6.07, 6.45) is 7.03. The van der Waals surface area contributed by atoms with Crippen LogP contribution in [0.3, 0.4) is 0 Å². The van der Waals surface area contributed by atoms with E-state index >= 15 is 0 Å². The van der Waals surface area contributed by atoms with Gasteiger partial charge in [0.1, 0.15) is 5.75 Å². The maximum absolute atomic E-state index is 12.6. The van der Waals surface area contributed by atoms with Gasteiger partial charge in [-0.2, -0.15) is 13.9 Å². The Kier molecular flexibility index (Phi) is 6.73. The van der Waals surface area contributed by atoms with Crippen LogP contribution < -0.4 is 10.1 Å². The zero-order valence-corrected chi connectivity index (χ0v) is 15.8. The van der Waals surface area contributed by atoms with Gasteiger partial charge in [0, 0.05) is 23.4 Å². The number of carbonyl (C=O) groups is 1. The Hall–Kier alpha value is -3.48. The summed E-state index contributed by atoms with van der Waals surface area (Å²) in [5.74, 6) is -0.279. The lowest BCUT2D eigenvalue weighted by Crippen LogP contribution is -2.27. The molecule has 5 nitrogen and oxygen atoms in total. The average Bonchev–Trinajstić information content (AvgIpc) is 3.20. The maximum atomic E-state index is 12.6. The summed E-state index contributed by atoms with van der Waals surface area (Å²) in [6.45, 7) is -1.07. The minimum Gasteiger partial charge on any atom is -0.434 e. The Labute approximate surface area is 167 Å². The molecule has 150 valence electrons. The molecule has 1 unspecified atom stereocenters. The van der Waals surface area contributed by atoms with Crippen LogP contribution in [0.5, 0.6) is 5.75 Å². The van der Waals surface area contributed by atoms with Gasteiger partial charge in [-0.1, -0.05) is 43.3 Å². The minimum atomic E-state index is -2.93. The molecule has 1 amide bonds. The lowest BCUT2D eigenvalue weighted by molar-refractivity contribution is -0.117. The molecule has 1 aromatic heterocycles. The van der Waals surface area contributed by atoms with E-state index in [1.54, 1.807) is 35.2 Å². The van der Waals surface area contributed by atoms with Gasteiger partial charge < -0.3 is 10.1 Å². The number of hydrogen-bond acceptors (Lipinski definition) is 3. The first-order valence-corrected chi connectivity index (χ1v) is 9.19. The molecule has 1 atom stereocenters. The highest BCUT2D eigenvalue weighted by atomic mass is 19.3. The van der Waals surface area contributed by atoms with Crippen LogP contribution >= 0.6 is 0 Å². The number of alkyl halides is 2. The molecule has 29 heavy (non-hydrogen) atoms. The predicted molar refractivity (Wildman–Crippen MR) is 107 cm³/mol. The summed E-state index contributed by atoms with van der Waals surface area (Å²) in [6, 6.07) is 15.6. The number of amides is 1. The maximum Gasteiger partial charge on any atom is 0.387 e. The minimum absolute atomic E-state index is 0.0581. The van der Waals surface area contributed by atoms with Crippen molar-refractivity contribution in [3.05, 3.63) is 84.2 Å². The molecule has 7 heteroatoms. The second-order valence-electron chi connectivity index (χ2n) is 6.27. The van der Waals surface area contributed by atoms with Crippen LogP contribution in [0.4, 0.5) is 8.78 Å². The van der Waals surface area contributed by atoms with Gasteiger partial charge in [0.25, 0.3) is 0 Å². The highest BCUT2D eigenvalue weighted by Crippen LogP contribution is 2.28. The number of benzene rings is 2. The van der Waals surface area contributed by atoms with E-state index in [9.17, 15) is 13.6 Å². The monoisotopic (exact) mass is 397 g/mol. The number of aromatic nitrogens is 2. The molecule has 0 fully saturated rings. The number of hydrogen-bond donors (Lipinski definition) is 1. The van der Waals surface area contributed by atoms with Crippen molar-refractivity contribution in [1.82, 2.24) is 15.1 Å². The van der Waals surface area contributed by atoms with E-state index in [1.165, 1.54) is 12.1 Å². The van der Waals surface area contributed by atoms with Crippen molar-refractivity contribution in [2.75, 3.05) is 0 Å². The van der Waals surface area contributed by atoms with Crippen molar-refractivity contribution in [2.45, 2.75) is 26.0 Å². The Morgan fingerprint density at radius 3 is 2.62 bits per heavy atom. The van der Waals surface area contributed by atoms with E-state index in [4.69, 9.17) is 0 Å². The molecular weight excluding hydrogens is 376 g/mol. The molecule has 3 rings (SSSR count). The zero-order valence-electron chi connectivity index (χ0n) is 15.8. The van der Waals surface area contributed by atoms with Crippen LogP contribution in [-0.4, -0.2) is 22.3 Å². The van der Waals surface area contributed by atoms with Crippen molar-refractivity contribution in [2.24, 2.45) is 0 Å². The van der Waals surface area contributed by atoms with E-state index < -0.39 is 12.7 Å².